The van der Waals surface area contributed by atoms with Crippen LogP contribution in [0.25, 0.3) is 0 Å². The molecule has 0 saturated carbocycles. The first-order valence-corrected chi connectivity index (χ1v) is 17.4. The number of ketones is 1. The SMILES string of the molecule is CC[C@H]1OC(=O)[C@H](C)C(=O)[C@H](C)[C@@H](O[C@H]2C[C@@H](N(C)C)C[C@@H](C)O2)[C@](C)(OC)C[C@@H](C)/C(=C\COC(C)=O)[C@H](C)C2N(C)C(=O)O[C@@]21C. The average Bonchev–Trinajstić information content (AvgIpc) is 3.25. The summed E-state index contributed by atoms with van der Waals surface area (Å²) in [7, 11) is 7.33. The minimum atomic E-state index is -1.23. The van der Waals surface area contributed by atoms with Crippen molar-refractivity contribution in [3.8, 4) is 0 Å². The van der Waals surface area contributed by atoms with Crippen molar-refractivity contribution in [2.45, 2.75) is 136 Å². The second-order valence-electron chi connectivity index (χ2n) is 14.8. The lowest BCUT2D eigenvalue weighted by Crippen LogP contribution is -2.57. The largest absolute Gasteiger partial charge is 0.462 e. The first-order valence-electron chi connectivity index (χ1n) is 17.4. The molecule has 12 nitrogen and oxygen atoms in total. The summed E-state index contributed by atoms with van der Waals surface area (Å²) in [5.74, 6) is -3.88. The van der Waals surface area contributed by atoms with E-state index in [0.717, 1.165) is 12.0 Å². The van der Waals surface area contributed by atoms with Crippen molar-refractivity contribution in [3.63, 3.8) is 0 Å². The number of fused-ring (bicyclic) bond motifs is 1. The van der Waals surface area contributed by atoms with Gasteiger partial charge in [-0.3, -0.25) is 14.4 Å². The van der Waals surface area contributed by atoms with Crippen LogP contribution in [0, 0.1) is 23.7 Å². The van der Waals surface area contributed by atoms with Gasteiger partial charge in [0.05, 0.1) is 23.9 Å². The Morgan fingerprint density at radius 2 is 1.71 bits per heavy atom. The lowest BCUT2D eigenvalue weighted by molar-refractivity contribution is -0.262. The van der Waals surface area contributed by atoms with Gasteiger partial charge in [-0.15, -0.1) is 0 Å². The normalized spacial score (nSPS) is 41.1. The quantitative estimate of drug-likeness (QED) is 0.160. The van der Waals surface area contributed by atoms with Gasteiger partial charge in [0.25, 0.3) is 0 Å². The van der Waals surface area contributed by atoms with Gasteiger partial charge in [0.15, 0.2) is 17.7 Å². The van der Waals surface area contributed by atoms with E-state index in [2.05, 4.69) is 11.8 Å². The van der Waals surface area contributed by atoms with Crippen LogP contribution in [-0.2, 0) is 42.8 Å². The van der Waals surface area contributed by atoms with Crippen LogP contribution < -0.4 is 0 Å². The third-order valence-corrected chi connectivity index (χ3v) is 11.0. The van der Waals surface area contributed by atoms with Gasteiger partial charge in [0.1, 0.15) is 18.6 Å². The standard InChI is InChI=1S/C36H60N2O10/c1-14-28-36(9)31(38(12)34(42)48-36)22(4)27(15-16-44-25(7)39)20(2)19-35(8,43-13)32(23(5)30(40)24(6)33(41)46-28)47-29-18-26(37(10)11)17-21(3)45-29/h15,20-24,26,28-29,31-32H,14,16-19H2,1-13H3/b27-15+/t20-,21-,22+,23+,24-,26+,28-,29+,31?,32-,35-,36-/m1/s1. The smallest absolute Gasteiger partial charge is 0.410 e. The molecule has 0 aromatic heterocycles. The maximum absolute atomic E-state index is 14.2. The number of carbonyl (C=O) groups excluding carboxylic acids is 4. The van der Waals surface area contributed by atoms with Crippen molar-refractivity contribution in [1.82, 2.24) is 9.80 Å². The Hall–Kier alpha value is -2.54. The highest BCUT2D eigenvalue weighted by atomic mass is 16.7. The highest BCUT2D eigenvalue weighted by molar-refractivity contribution is 6.00. The van der Waals surface area contributed by atoms with E-state index in [1.165, 1.54) is 6.92 Å². The molecule has 48 heavy (non-hydrogen) atoms. The first kappa shape index (κ1) is 39.9. The number of methoxy groups -OCH3 is 1. The number of likely N-dealkylation sites (N-methyl/N-ethyl adjacent to an activating group) is 1. The van der Waals surface area contributed by atoms with Crippen molar-refractivity contribution in [2.75, 3.05) is 34.9 Å². The van der Waals surface area contributed by atoms with E-state index in [0.29, 0.717) is 19.3 Å². The molecule has 0 spiro atoms. The zero-order valence-corrected chi connectivity index (χ0v) is 31.4. The molecule has 0 N–H and O–H groups in total. The Balaban J connectivity index is 2.19. The Kier molecular flexibility index (Phi) is 13.3. The molecule has 0 aromatic carbocycles. The van der Waals surface area contributed by atoms with Crippen LogP contribution in [0.2, 0.25) is 0 Å². The van der Waals surface area contributed by atoms with Crippen molar-refractivity contribution >= 4 is 23.8 Å². The van der Waals surface area contributed by atoms with Crippen LogP contribution in [0.4, 0.5) is 4.79 Å². The van der Waals surface area contributed by atoms with Gasteiger partial charge in [-0.1, -0.05) is 33.3 Å². The van der Waals surface area contributed by atoms with Crippen molar-refractivity contribution in [2.24, 2.45) is 23.7 Å². The van der Waals surface area contributed by atoms with Gasteiger partial charge in [0.2, 0.25) is 0 Å². The Labute approximate surface area is 287 Å². The molecular formula is C36H60N2O10. The van der Waals surface area contributed by atoms with Gasteiger partial charge >= 0.3 is 18.0 Å². The Morgan fingerprint density at radius 3 is 2.27 bits per heavy atom. The van der Waals surface area contributed by atoms with Crippen molar-refractivity contribution in [3.05, 3.63) is 11.6 Å². The predicted molar refractivity (Wildman–Crippen MR) is 179 cm³/mol. The first-order chi connectivity index (χ1) is 22.3. The third-order valence-electron chi connectivity index (χ3n) is 11.0. The number of amides is 1. The number of cyclic esters (lactones) is 1. The number of Topliss-reactive ketones (excluding diaryl/α,β-unsaturated/α-hetero) is 1. The number of carbonyl (C=O) groups is 4. The highest BCUT2D eigenvalue weighted by Gasteiger charge is 2.58. The molecule has 3 fully saturated rings. The zero-order chi connectivity index (χ0) is 36.3. The second kappa shape index (κ2) is 16.0. The molecule has 1 amide bonds. The summed E-state index contributed by atoms with van der Waals surface area (Å²) < 4.78 is 36.8. The lowest BCUT2D eigenvalue weighted by atomic mass is 9.71. The molecule has 3 saturated heterocycles. The molecule has 12 atom stereocenters. The highest BCUT2D eigenvalue weighted by Crippen LogP contribution is 2.45. The predicted octanol–water partition coefficient (Wildman–Crippen LogP) is 4.77. The van der Waals surface area contributed by atoms with Gasteiger partial charge in [-0.05, 0) is 73.0 Å². The number of hydrogen-bond donors (Lipinski definition) is 0. The van der Waals surface area contributed by atoms with E-state index in [1.54, 1.807) is 39.8 Å². The van der Waals surface area contributed by atoms with E-state index < -0.39 is 65.6 Å². The molecule has 0 radical (unpaired) electrons. The maximum atomic E-state index is 14.2. The molecule has 3 heterocycles. The van der Waals surface area contributed by atoms with Crippen LogP contribution in [0.1, 0.15) is 88.0 Å². The number of nitrogens with zero attached hydrogens (tertiary/aromatic N) is 2. The Morgan fingerprint density at radius 1 is 1.06 bits per heavy atom. The number of ether oxygens (including phenoxy) is 6. The van der Waals surface area contributed by atoms with Crippen molar-refractivity contribution < 1.29 is 47.6 Å². The summed E-state index contributed by atoms with van der Waals surface area (Å²) in [4.78, 5) is 56.6. The molecule has 0 aliphatic carbocycles. The van der Waals surface area contributed by atoms with Crippen molar-refractivity contribution in [1.29, 1.82) is 0 Å². The molecular weight excluding hydrogens is 620 g/mol. The molecule has 0 aromatic rings. The summed E-state index contributed by atoms with van der Waals surface area (Å²) in [5.41, 5.74) is -1.37. The molecule has 3 aliphatic heterocycles. The number of hydrogen-bond acceptors (Lipinski definition) is 11. The molecule has 0 bridgehead atoms. The summed E-state index contributed by atoms with van der Waals surface area (Å²) in [6.45, 7) is 16.3. The van der Waals surface area contributed by atoms with Crippen LogP contribution in [-0.4, -0.2) is 116 Å². The molecule has 12 heteroatoms. The molecule has 3 rings (SSSR count). The maximum Gasteiger partial charge on any atom is 0.410 e. The average molecular weight is 681 g/mol. The minimum absolute atomic E-state index is 0.0310. The molecule has 3 aliphatic rings. The van der Waals surface area contributed by atoms with E-state index in [1.807, 2.05) is 47.9 Å². The second-order valence-corrected chi connectivity index (χ2v) is 14.8. The topological polar surface area (TPSA) is 130 Å². The number of rotatable bonds is 7. The monoisotopic (exact) mass is 680 g/mol. The van der Waals surface area contributed by atoms with Crippen LogP contribution in [0.15, 0.2) is 11.6 Å². The van der Waals surface area contributed by atoms with Crippen LogP contribution in [0.5, 0.6) is 0 Å². The summed E-state index contributed by atoms with van der Waals surface area (Å²) in [5, 5.41) is 0. The van der Waals surface area contributed by atoms with E-state index in [4.69, 9.17) is 28.4 Å². The van der Waals surface area contributed by atoms with Gasteiger partial charge in [-0.2, -0.15) is 0 Å². The zero-order valence-electron chi connectivity index (χ0n) is 31.4. The summed E-state index contributed by atoms with van der Waals surface area (Å²) in [6.07, 6.45) is 1.24. The van der Waals surface area contributed by atoms with E-state index in [-0.39, 0.29) is 36.4 Å². The van der Waals surface area contributed by atoms with Gasteiger partial charge in [-0.25, -0.2) is 4.79 Å². The fraction of sp³-hybridized carbons (Fsp3) is 0.833. The minimum Gasteiger partial charge on any atom is -0.462 e. The van der Waals surface area contributed by atoms with Crippen LogP contribution >= 0.6 is 0 Å². The third kappa shape index (κ3) is 8.42. The lowest BCUT2D eigenvalue weighted by Gasteiger charge is -2.46. The summed E-state index contributed by atoms with van der Waals surface area (Å²) >= 11 is 0. The van der Waals surface area contributed by atoms with E-state index in [9.17, 15) is 19.2 Å². The van der Waals surface area contributed by atoms with E-state index >= 15 is 0 Å². The van der Waals surface area contributed by atoms with Gasteiger partial charge in [0, 0.05) is 45.4 Å². The summed E-state index contributed by atoms with van der Waals surface area (Å²) in [6, 6.07) is -0.335. The molecule has 274 valence electrons. The van der Waals surface area contributed by atoms with Gasteiger partial charge < -0.3 is 38.2 Å². The fourth-order valence-electron chi connectivity index (χ4n) is 8.26. The van der Waals surface area contributed by atoms with Crippen LogP contribution in [0.3, 0.4) is 0 Å². The molecule has 1 unspecified atom stereocenters. The fourth-order valence-corrected chi connectivity index (χ4v) is 8.26. The Bertz CT molecular complexity index is 1210. The number of esters is 2.